The molecule has 0 radical (unpaired) electrons. The number of hydrogen-bond acceptors (Lipinski definition) is 4. The lowest BCUT2D eigenvalue weighted by molar-refractivity contribution is -0.119. The van der Waals surface area contributed by atoms with Crippen LogP contribution in [0.5, 0.6) is 0 Å². The molecule has 0 saturated carbocycles. The van der Waals surface area contributed by atoms with Gasteiger partial charge in [-0.05, 0) is 49.2 Å². The van der Waals surface area contributed by atoms with Gasteiger partial charge in [-0.15, -0.1) is 0 Å². The van der Waals surface area contributed by atoms with Crippen molar-refractivity contribution < 1.29 is 18.5 Å². The van der Waals surface area contributed by atoms with Crippen molar-refractivity contribution >= 4 is 28.4 Å². The normalized spacial score (nSPS) is 11.6. The van der Waals surface area contributed by atoms with Crippen molar-refractivity contribution in [1.29, 1.82) is 0 Å². The topological polar surface area (TPSA) is 72.5 Å². The standard InChI is InChI=1S/C19H21NO4S/c1-4-25(23)17-8-6-5-7-16(17)19(22)24-12-18(21)20-15-10-9-13(2)14(3)11-15/h5-11H,4,12H2,1-3H3,(H,20,21)/t25-/m1/s1. The van der Waals surface area contributed by atoms with Crippen LogP contribution in [0.2, 0.25) is 0 Å². The highest BCUT2D eigenvalue weighted by Gasteiger charge is 2.17. The van der Waals surface area contributed by atoms with Crippen LogP contribution in [0.4, 0.5) is 5.69 Å². The van der Waals surface area contributed by atoms with E-state index in [-0.39, 0.29) is 5.56 Å². The van der Waals surface area contributed by atoms with Crippen molar-refractivity contribution in [1.82, 2.24) is 0 Å². The Hall–Kier alpha value is -2.47. The maximum Gasteiger partial charge on any atom is 0.339 e. The highest BCUT2D eigenvalue weighted by molar-refractivity contribution is 7.85. The summed E-state index contributed by atoms with van der Waals surface area (Å²) in [7, 11) is -1.27. The molecule has 6 heteroatoms. The van der Waals surface area contributed by atoms with Crippen molar-refractivity contribution in [3.05, 3.63) is 59.2 Å². The van der Waals surface area contributed by atoms with Crippen molar-refractivity contribution in [2.75, 3.05) is 17.7 Å². The molecule has 1 N–H and O–H groups in total. The molecule has 0 bridgehead atoms. The van der Waals surface area contributed by atoms with Gasteiger partial charge < -0.3 is 10.1 Å². The van der Waals surface area contributed by atoms with Gasteiger partial charge in [-0.3, -0.25) is 9.00 Å². The van der Waals surface area contributed by atoms with Gasteiger partial charge in [-0.2, -0.15) is 0 Å². The predicted octanol–water partition coefficient (Wildman–Crippen LogP) is 3.23. The first-order valence-electron chi connectivity index (χ1n) is 7.94. The number of ether oxygens (including phenoxy) is 1. The molecule has 2 rings (SSSR count). The number of benzene rings is 2. The summed E-state index contributed by atoms with van der Waals surface area (Å²) in [6, 6.07) is 12.1. The first kappa shape index (κ1) is 18.9. The van der Waals surface area contributed by atoms with E-state index in [1.165, 1.54) is 0 Å². The zero-order valence-corrected chi connectivity index (χ0v) is 15.3. The van der Waals surface area contributed by atoms with E-state index in [2.05, 4.69) is 5.32 Å². The second kappa shape index (κ2) is 8.58. The number of hydrogen-bond donors (Lipinski definition) is 1. The number of amides is 1. The van der Waals surface area contributed by atoms with E-state index in [0.29, 0.717) is 16.3 Å². The lowest BCUT2D eigenvalue weighted by Gasteiger charge is -2.10. The fraction of sp³-hybridized carbons (Fsp3) is 0.263. The SMILES string of the molecule is CC[S@@](=O)c1ccccc1C(=O)OCC(=O)Nc1ccc(C)c(C)c1. The first-order chi connectivity index (χ1) is 11.9. The van der Waals surface area contributed by atoms with Gasteiger partial charge in [0.2, 0.25) is 0 Å². The molecule has 0 fully saturated rings. The van der Waals surface area contributed by atoms with Crippen LogP contribution >= 0.6 is 0 Å². The molecule has 0 spiro atoms. The molecule has 2 aromatic rings. The summed E-state index contributed by atoms with van der Waals surface area (Å²) < 4.78 is 17.1. The largest absolute Gasteiger partial charge is 0.452 e. The van der Waals surface area contributed by atoms with E-state index < -0.39 is 29.3 Å². The average Bonchev–Trinajstić information content (AvgIpc) is 2.62. The van der Waals surface area contributed by atoms with E-state index in [0.717, 1.165) is 11.1 Å². The second-order valence-electron chi connectivity index (χ2n) is 5.55. The molecule has 0 heterocycles. The van der Waals surface area contributed by atoms with E-state index in [1.54, 1.807) is 37.3 Å². The molecule has 25 heavy (non-hydrogen) atoms. The van der Waals surface area contributed by atoms with E-state index in [9.17, 15) is 13.8 Å². The van der Waals surface area contributed by atoms with Crippen LogP contribution in [0.15, 0.2) is 47.4 Å². The van der Waals surface area contributed by atoms with Gasteiger partial charge in [0.1, 0.15) is 0 Å². The van der Waals surface area contributed by atoms with Gasteiger partial charge >= 0.3 is 5.97 Å². The fourth-order valence-electron chi connectivity index (χ4n) is 2.21. The Kier molecular flexibility index (Phi) is 6.47. The molecule has 132 valence electrons. The van der Waals surface area contributed by atoms with Crippen molar-refractivity contribution in [2.24, 2.45) is 0 Å². The van der Waals surface area contributed by atoms with Crippen LogP contribution in [0.25, 0.3) is 0 Å². The molecule has 0 saturated heterocycles. The van der Waals surface area contributed by atoms with Gasteiger partial charge in [0.05, 0.1) is 21.3 Å². The summed E-state index contributed by atoms with van der Waals surface area (Å²) >= 11 is 0. The Labute approximate surface area is 149 Å². The molecule has 1 atom stereocenters. The van der Waals surface area contributed by atoms with E-state index >= 15 is 0 Å². The molecule has 1 amide bonds. The number of nitrogens with one attached hydrogen (secondary N) is 1. The smallest absolute Gasteiger partial charge is 0.339 e. The Balaban J connectivity index is 1.99. The zero-order valence-electron chi connectivity index (χ0n) is 14.5. The van der Waals surface area contributed by atoms with E-state index in [4.69, 9.17) is 4.74 Å². The maximum absolute atomic E-state index is 12.2. The Morgan fingerprint density at radius 2 is 1.80 bits per heavy atom. The Morgan fingerprint density at radius 3 is 2.48 bits per heavy atom. The summed E-state index contributed by atoms with van der Waals surface area (Å²) in [5, 5.41) is 2.69. The molecule has 0 aliphatic rings. The van der Waals surface area contributed by atoms with Gasteiger partial charge in [-0.1, -0.05) is 25.1 Å². The van der Waals surface area contributed by atoms with Crippen LogP contribution in [-0.2, 0) is 20.3 Å². The van der Waals surface area contributed by atoms with E-state index in [1.807, 2.05) is 26.0 Å². The van der Waals surface area contributed by atoms with Crippen LogP contribution in [0.3, 0.4) is 0 Å². The van der Waals surface area contributed by atoms with Crippen molar-refractivity contribution in [3.63, 3.8) is 0 Å². The summed E-state index contributed by atoms with van der Waals surface area (Å²) in [6.45, 7) is 5.31. The monoisotopic (exact) mass is 359 g/mol. The summed E-state index contributed by atoms with van der Waals surface area (Å²) in [4.78, 5) is 24.6. The number of rotatable bonds is 6. The van der Waals surface area contributed by atoms with Gasteiger partial charge in [0, 0.05) is 11.4 Å². The molecule has 5 nitrogen and oxygen atoms in total. The van der Waals surface area contributed by atoms with Crippen LogP contribution < -0.4 is 5.32 Å². The number of anilines is 1. The zero-order chi connectivity index (χ0) is 18.4. The second-order valence-corrected chi connectivity index (χ2v) is 7.26. The summed E-state index contributed by atoms with van der Waals surface area (Å²) in [5.41, 5.74) is 3.06. The first-order valence-corrected chi connectivity index (χ1v) is 9.26. The van der Waals surface area contributed by atoms with Crippen LogP contribution in [-0.4, -0.2) is 28.4 Å². The van der Waals surface area contributed by atoms with Gasteiger partial charge in [0.15, 0.2) is 6.61 Å². The molecule has 0 aliphatic heterocycles. The molecule has 2 aromatic carbocycles. The number of aryl methyl sites for hydroxylation is 2. The third-order valence-electron chi connectivity index (χ3n) is 3.74. The minimum Gasteiger partial charge on any atom is -0.452 e. The number of carbonyl (C=O) groups excluding carboxylic acids is 2. The van der Waals surface area contributed by atoms with Crippen LogP contribution in [0.1, 0.15) is 28.4 Å². The average molecular weight is 359 g/mol. The predicted molar refractivity (Wildman–Crippen MR) is 98.2 cm³/mol. The Morgan fingerprint density at radius 1 is 1.08 bits per heavy atom. The fourth-order valence-corrected chi connectivity index (χ4v) is 3.15. The quantitative estimate of drug-likeness (QED) is 0.804. The highest BCUT2D eigenvalue weighted by atomic mass is 32.2. The molecule has 0 aliphatic carbocycles. The molecule has 0 aromatic heterocycles. The van der Waals surface area contributed by atoms with Gasteiger partial charge in [0.25, 0.3) is 5.91 Å². The minimum atomic E-state index is -1.27. The third-order valence-corrected chi connectivity index (χ3v) is 5.11. The lowest BCUT2D eigenvalue weighted by atomic mass is 10.1. The number of esters is 1. The summed E-state index contributed by atoms with van der Waals surface area (Å²) in [6.07, 6.45) is 0. The lowest BCUT2D eigenvalue weighted by Crippen LogP contribution is -2.21. The minimum absolute atomic E-state index is 0.224. The third kappa shape index (κ3) is 5.00. The molecule has 0 unspecified atom stereocenters. The Bertz CT molecular complexity index is 817. The van der Waals surface area contributed by atoms with Crippen LogP contribution in [0, 0.1) is 13.8 Å². The molecular formula is C19H21NO4S. The number of carbonyl (C=O) groups is 2. The highest BCUT2D eigenvalue weighted by Crippen LogP contribution is 2.16. The summed E-state index contributed by atoms with van der Waals surface area (Å²) in [5.74, 6) is -0.685. The van der Waals surface area contributed by atoms with Gasteiger partial charge in [-0.25, -0.2) is 4.79 Å². The molecular weight excluding hydrogens is 338 g/mol. The van der Waals surface area contributed by atoms with Crippen molar-refractivity contribution in [2.45, 2.75) is 25.7 Å². The van der Waals surface area contributed by atoms with Crippen molar-refractivity contribution in [3.8, 4) is 0 Å². The maximum atomic E-state index is 12.2.